The van der Waals surface area contributed by atoms with Crippen molar-refractivity contribution in [3.05, 3.63) is 47.8 Å². The van der Waals surface area contributed by atoms with Crippen molar-refractivity contribution in [2.75, 3.05) is 19.8 Å². The van der Waals surface area contributed by atoms with E-state index in [1.54, 1.807) is 0 Å². The van der Waals surface area contributed by atoms with Crippen LogP contribution in [-0.2, 0) is 23.1 Å². The number of rotatable bonds is 8. The number of hydrogen-bond donors (Lipinski definition) is 2. The number of carbonyl (C=O) groups is 1. The molecule has 1 aliphatic heterocycles. The molecule has 2 aromatic rings. The molecule has 0 bridgehead atoms. The molecule has 1 amide bonds. The minimum absolute atomic E-state index is 0.0778. The Morgan fingerprint density at radius 3 is 3.12 bits per heavy atom. The van der Waals surface area contributed by atoms with E-state index < -0.39 is 5.91 Å². The van der Waals surface area contributed by atoms with Gasteiger partial charge in [0.15, 0.2) is 6.61 Å². The topological polar surface area (TPSA) is 91.4 Å². The molecule has 0 radical (unpaired) electrons. The molecule has 1 aromatic carbocycles. The van der Waals surface area contributed by atoms with Crippen molar-refractivity contribution in [1.29, 1.82) is 0 Å². The highest BCUT2D eigenvalue weighted by atomic mass is 16.5. The zero-order chi connectivity index (χ0) is 18.4. The maximum absolute atomic E-state index is 10.8. The molecule has 1 aromatic heterocycles. The van der Waals surface area contributed by atoms with E-state index in [-0.39, 0.29) is 12.7 Å². The van der Waals surface area contributed by atoms with E-state index in [2.05, 4.69) is 10.4 Å². The molecule has 0 unspecified atom stereocenters. The SMILES string of the molecule is Cn1nccc1[C@@H]1OCCC[C@H]1CNCc1cccc(OCC(N)=O)c1. The van der Waals surface area contributed by atoms with Gasteiger partial charge < -0.3 is 20.5 Å². The fourth-order valence-corrected chi connectivity index (χ4v) is 3.34. The fraction of sp³-hybridized carbons (Fsp3) is 0.474. The lowest BCUT2D eigenvalue weighted by atomic mass is 9.92. The zero-order valence-corrected chi connectivity index (χ0v) is 15.1. The second-order valence-electron chi connectivity index (χ2n) is 6.61. The molecule has 0 spiro atoms. The lowest BCUT2D eigenvalue weighted by Crippen LogP contribution is -2.32. The van der Waals surface area contributed by atoms with Crippen LogP contribution in [0.3, 0.4) is 0 Å². The largest absolute Gasteiger partial charge is 0.484 e. The maximum Gasteiger partial charge on any atom is 0.255 e. The monoisotopic (exact) mass is 358 g/mol. The van der Waals surface area contributed by atoms with Gasteiger partial charge in [0.05, 0.1) is 5.69 Å². The quantitative estimate of drug-likeness (QED) is 0.747. The van der Waals surface area contributed by atoms with Gasteiger partial charge >= 0.3 is 0 Å². The Kier molecular flexibility index (Phi) is 6.25. The van der Waals surface area contributed by atoms with Crippen molar-refractivity contribution in [1.82, 2.24) is 15.1 Å². The van der Waals surface area contributed by atoms with Crippen molar-refractivity contribution in [3.63, 3.8) is 0 Å². The molecule has 7 nitrogen and oxygen atoms in total. The number of nitrogens with one attached hydrogen (secondary N) is 1. The number of primary amides is 1. The number of hydrogen-bond acceptors (Lipinski definition) is 5. The number of nitrogens with zero attached hydrogens (tertiary/aromatic N) is 2. The summed E-state index contributed by atoms with van der Waals surface area (Å²) in [5.74, 6) is 0.581. The van der Waals surface area contributed by atoms with Crippen LogP contribution in [0.1, 0.15) is 30.2 Å². The van der Waals surface area contributed by atoms with E-state index in [0.717, 1.165) is 43.8 Å². The van der Waals surface area contributed by atoms with Crippen LogP contribution in [0.4, 0.5) is 0 Å². The van der Waals surface area contributed by atoms with Crippen LogP contribution in [0.5, 0.6) is 5.75 Å². The first kappa shape index (κ1) is 18.4. The Morgan fingerprint density at radius 2 is 2.35 bits per heavy atom. The Labute approximate surface area is 153 Å². The molecule has 1 saturated heterocycles. The predicted molar refractivity (Wildman–Crippen MR) is 97.5 cm³/mol. The van der Waals surface area contributed by atoms with Gasteiger partial charge in [0.1, 0.15) is 11.9 Å². The highest BCUT2D eigenvalue weighted by molar-refractivity contribution is 5.75. The van der Waals surface area contributed by atoms with Crippen molar-refractivity contribution < 1.29 is 14.3 Å². The Hall–Kier alpha value is -2.38. The van der Waals surface area contributed by atoms with E-state index >= 15 is 0 Å². The molecule has 140 valence electrons. The first-order valence-corrected chi connectivity index (χ1v) is 8.94. The Balaban J connectivity index is 1.54. The summed E-state index contributed by atoms with van der Waals surface area (Å²) in [6.45, 7) is 2.28. The normalized spacial score (nSPS) is 20.0. The first-order valence-electron chi connectivity index (χ1n) is 8.94. The Bertz CT molecular complexity index is 731. The number of nitrogens with two attached hydrogens (primary N) is 1. The second kappa shape index (κ2) is 8.82. The summed E-state index contributed by atoms with van der Waals surface area (Å²) in [6, 6.07) is 9.71. The van der Waals surface area contributed by atoms with E-state index in [1.165, 1.54) is 0 Å². The predicted octanol–water partition coefficient (Wildman–Crippen LogP) is 1.54. The third-order valence-electron chi connectivity index (χ3n) is 4.61. The number of benzene rings is 1. The van der Waals surface area contributed by atoms with Crippen LogP contribution < -0.4 is 15.8 Å². The molecule has 3 N–H and O–H groups in total. The summed E-state index contributed by atoms with van der Waals surface area (Å²) in [5.41, 5.74) is 7.33. The number of aromatic nitrogens is 2. The highest BCUT2D eigenvalue weighted by Gasteiger charge is 2.29. The molecule has 7 heteroatoms. The van der Waals surface area contributed by atoms with Gasteiger partial charge in [-0.1, -0.05) is 12.1 Å². The summed E-state index contributed by atoms with van der Waals surface area (Å²) < 4.78 is 13.3. The van der Waals surface area contributed by atoms with Gasteiger partial charge in [-0.3, -0.25) is 9.48 Å². The lowest BCUT2D eigenvalue weighted by molar-refractivity contribution is -0.119. The number of ether oxygens (including phenoxy) is 2. The van der Waals surface area contributed by atoms with E-state index in [4.69, 9.17) is 15.2 Å². The van der Waals surface area contributed by atoms with Crippen molar-refractivity contribution >= 4 is 5.91 Å². The minimum atomic E-state index is -0.480. The van der Waals surface area contributed by atoms with Crippen LogP contribution in [0.25, 0.3) is 0 Å². The summed E-state index contributed by atoms with van der Waals surface area (Å²) in [7, 11) is 1.95. The number of carbonyl (C=O) groups excluding carboxylic acids is 1. The molecule has 3 rings (SSSR count). The summed E-state index contributed by atoms with van der Waals surface area (Å²) in [4.78, 5) is 10.8. The van der Waals surface area contributed by atoms with Gasteiger partial charge in [0, 0.05) is 38.9 Å². The molecule has 1 fully saturated rings. The maximum atomic E-state index is 10.8. The highest BCUT2D eigenvalue weighted by Crippen LogP contribution is 2.32. The lowest BCUT2D eigenvalue weighted by Gasteiger charge is -2.32. The number of amides is 1. The molecular weight excluding hydrogens is 332 g/mol. The van der Waals surface area contributed by atoms with Gasteiger partial charge in [0.25, 0.3) is 5.91 Å². The van der Waals surface area contributed by atoms with E-state index in [0.29, 0.717) is 11.7 Å². The molecule has 0 aliphatic carbocycles. The average molecular weight is 358 g/mol. The van der Waals surface area contributed by atoms with Gasteiger partial charge in [-0.05, 0) is 36.6 Å². The van der Waals surface area contributed by atoms with Crippen LogP contribution in [0.15, 0.2) is 36.5 Å². The molecule has 1 aliphatic rings. The average Bonchev–Trinajstić information content (AvgIpc) is 3.07. The number of aryl methyl sites for hydroxylation is 1. The van der Waals surface area contributed by atoms with Crippen LogP contribution >= 0.6 is 0 Å². The molecule has 2 heterocycles. The zero-order valence-electron chi connectivity index (χ0n) is 15.1. The first-order chi connectivity index (χ1) is 12.6. The second-order valence-corrected chi connectivity index (χ2v) is 6.61. The molecule has 2 atom stereocenters. The molecule has 0 saturated carbocycles. The van der Waals surface area contributed by atoms with Crippen LogP contribution in [0.2, 0.25) is 0 Å². The summed E-state index contributed by atoms with van der Waals surface area (Å²) >= 11 is 0. The van der Waals surface area contributed by atoms with Crippen LogP contribution in [-0.4, -0.2) is 35.4 Å². The van der Waals surface area contributed by atoms with Gasteiger partial charge in [0.2, 0.25) is 0 Å². The van der Waals surface area contributed by atoms with Gasteiger partial charge in [-0.25, -0.2) is 0 Å². The molecule has 26 heavy (non-hydrogen) atoms. The summed E-state index contributed by atoms with van der Waals surface area (Å²) in [5, 5.41) is 7.78. The van der Waals surface area contributed by atoms with E-state index in [1.807, 2.05) is 48.3 Å². The molecular formula is C19H26N4O3. The third kappa shape index (κ3) is 4.83. The van der Waals surface area contributed by atoms with Crippen molar-refractivity contribution in [3.8, 4) is 5.75 Å². The summed E-state index contributed by atoms with van der Waals surface area (Å²) in [6.07, 6.45) is 4.10. The smallest absolute Gasteiger partial charge is 0.255 e. The fourth-order valence-electron chi connectivity index (χ4n) is 3.34. The van der Waals surface area contributed by atoms with Gasteiger partial charge in [-0.15, -0.1) is 0 Å². The minimum Gasteiger partial charge on any atom is -0.484 e. The van der Waals surface area contributed by atoms with E-state index in [9.17, 15) is 4.79 Å². The van der Waals surface area contributed by atoms with Crippen molar-refractivity contribution in [2.24, 2.45) is 18.7 Å². The van der Waals surface area contributed by atoms with Crippen LogP contribution in [0, 0.1) is 5.92 Å². The third-order valence-corrected chi connectivity index (χ3v) is 4.61. The van der Waals surface area contributed by atoms with Gasteiger partial charge in [-0.2, -0.15) is 5.10 Å². The standard InChI is InChI=1S/C19H26N4O3/c1-23-17(7-8-22-23)19-15(5-3-9-25-19)12-21-11-14-4-2-6-16(10-14)26-13-18(20)24/h2,4,6-8,10,15,19,21H,3,5,9,11-13H2,1H3,(H2,20,24)/t15-,19+/m0/s1. The Morgan fingerprint density at radius 1 is 1.46 bits per heavy atom. The van der Waals surface area contributed by atoms with Crippen molar-refractivity contribution in [2.45, 2.75) is 25.5 Å².